The van der Waals surface area contributed by atoms with E-state index in [0.717, 1.165) is 0 Å². The van der Waals surface area contributed by atoms with Crippen molar-refractivity contribution in [2.24, 2.45) is 7.05 Å². The summed E-state index contributed by atoms with van der Waals surface area (Å²) in [5.41, 5.74) is -0.0192. The average molecular weight is 256 g/mol. The number of aryl methyl sites for hydroxylation is 1. The summed E-state index contributed by atoms with van der Waals surface area (Å²) in [5, 5.41) is 9.99. The Kier molecular flexibility index (Phi) is 3.13. The van der Waals surface area contributed by atoms with E-state index < -0.39 is 23.6 Å². The van der Waals surface area contributed by atoms with Gasteiger partial charge in [0.15, 0.2) is 11.6 Å². The Labute approximate surface area is 102 Å². The quantitative estimate of drug-likeness (QED) is 0.837. The predicted octanol–water partition coefficient (Wildman–Crippen LogP) is 2.23. The maximum Gasteiger partial charge on any atom is 0.161 e. The topological polar surface area (TPSA) is 38.1 Å². The molecule has 0 saturated heterocycles. The van der Waals surface area contributed by atoms with Gasteiger partial charge >= 0.3 is 0 Å². The van der Waals surface area contributed by atoms with E-state index in [9.17, 15) is 18.3 Å². The minimum atomic E-state index is -1.40. The van der Waals surface area contributed by atoms with Crippen LogP contribution in [0.25, 0.3) is 0 Å². The van der Waals surface area contributed by atoms with Crippen molar-refractivity contribution in [1.29, 1.82) is 0 Å². The van der Waals surface area contributed by atoms with Gasteiger partial charge in [0.05, 0.1) is 11.9 Å². The number of nitrogens with zero attached hydrogens (tertiary/aromatic N) is 2. The van der Waals surface area contributed by atoms with Gasteiger partial charge in [-0.25, -0.2) is 18.2 Å². The number of aliphatic hydroxyl groups excluding tert-OH is 1. The van der Waals surface area contributed by atoms with E-state index in [1.807, 2.05) is 0 Å². The molecule has 1 heterocycles. The van der Waals surface area contributed by atoms with E-state index in [1.165, 1.54) is 6.20 Å². The van der Waals surface area contributed by atoms with Gasteiger partial charge in [0.2, 0.25) is 0 Å². The maximum absolute atomic E-state index is 13.5. The Morgan fingerprint density at radius 3 is 2.33 bits per heavy atom. The SMILES string of the molecule is Cc1ncc(C(O)c2cc(F)c(F)cc2F)n1C. The molecule has 0 fully saturated rings. The molecule has 6 heteroatoms. The lowest BCUT2D eigenvalue weighted by Crippen LogP contribution is -2.09. The van der Waals surface area contributed by atoms with E-state index in [0.29, 0.717) is 23.7 Å². The Balaban J connectivity index is 2.49. The maximum atomic E-state index is 13.5. The smallest absolute Gasteiger partial charge is 0.161 e. The Morgan fingerprint density at radius 1 is 1.17 bits per heavy atom. The van der Waals surface area contributed by atoms with Gasteiger partial charge in [0.25, 0.3) is 0 Å². The van der Waals surface area contributed by atoms with Crippen molar-refractivity contribution in [2.45, 2.75) is 13.0 Å². The lowest BCUT2D eigenvalue weighted by molar-refractivity contribution is 0.205. The van der Waals surface area contributed by atoms with E-state index in [2.05, 4.69) is 4.98 Å². The van der Waals surface area contributed by atoms with Gasteiger partial charge in [-0.05, 0) is 13.0 Å². The lowest BCUT2D eigenvalue weighted by Gasteiger charge is -2.13. The molecule has 1 N–H and O–H groups in total. The molecule has 0 spiro atoms. The van der Waals surface area contributed by atoms with Crippen LogP contribution >= 0.6 is 0 Å². The largest absolute Gasteiger partial charge is 0.382 e. The lowest BCUT2D eigenvalue weighted by atomic mass is 10.1. The normalized spacial score (nSPS) is 12.8. The molecule has 0 bridgehead atoms. The number of imidazole rings is 1. The number of aliphatic hydroxyl groups is 1. The van der Waals surface area contributed by atoms with Gasteiger partial charge in [0, 0.05) is 18.7 Å². The standard InChI is InChI=1S/C12H11F3N2O/c1-6-16-5-11(17(6)2)12(18)7-3-9(14)10(15)4-8(7)13/h3-5,12,18H,1-2H3. The average Bonchev–Trinajstić information content (AvgIpc) is 2.64. The number of benzene rings is 1. The first-order chi connectivity index (χ1) is 8.41. The van der Waals surface area contributed by atoms with Crippen molar-refractivity contribution in [3.05, 3.63) is 52.9 Å². The van der Waals surface area contributed by atoms with Gasteiger partial charge < -0.3 is 9.67 Å². The molecule has 3 nitrogen and oxygen atoms in total. The van der Waals surface area contributed by atoms with Crippen LogP contribution < -0.4 is 0 Å². The van der Waals surface area contributed by atoms with Gasteiger partial charge in [-0.1, -0.05) is 0 Å². The van der Waals surface area contributed by atoms with Crippen LogP contribution in [0, 0.1) is 24.4 Å². The fourth-order valence-electron chi connectivity index (χ4n) is 1.68. The van der Waals surface area contributed by atoms with Crippen LogP contribution in [-0.4, -0.2) is 14.7 Å². The summed E-state index contributed by atoms with van der Waals surface area (Å²) in [6.07, 6.45) is -0.0351. The molecule has 96 valence electrons. The third kappa shape index (κ3) is 1.99. The molecule has 18 heavy (non-hydrogen) atoms. The molecular weight excluding hydrogens is 245 g/mol. The zero-order valence-corrected chi connectivity index (χ0v) is 9.78. The van der Waals surface area contributed by atoms with Crippen LogP contribution in [0.15, 0.2) is 18.3 Å². The van der Waals surface area contributed by atoms with Crippen LogP contribution in [0.4, 0.5) is 13.2 Å². The molecule has 1 unspecified atom stereocenters. The summed E-state index contributed by atoms with van der Waals surface area (Å²) in [6.45, 7) is 1.71. The molecule has 1 aromatic carbocycles. The van der Waals surface area contributed by atoms with E-state index in [1.54, 1.807) is 18.5 Å². The van der Waals surface area contributed by atoms with E-state index in [4.69, 9.17) is 0 Å². The highest BCUT2D eigenvalue weighted by molar-refractivity contribution is 5.28. The fraction of sp³-hybridized carbons (Fsp3) is 0.250. The molecule has 2 aromatic rings. The second kappa shape index (κ2) is 4.45. The predicted molar refractivity (Wildman–Crippen MR) is 58.3 cm³/mol. The Morgan fingerprint density at radius 2 is 1.78 bits per heavy atom. The van der Waals surface area contributed by atoms with Gasteiger partial charge in [-0.15, -0.1) is 0 Å². The zero-order chi connectivity index (χ0) is 13.4. The minimum Gasteiger partial charge on any atom is -0.382 e. The molecule has 2 rings (SSSR count). The third-order valence-corrected chi connectivity index (χ3v) is 2.87. The van der Waals surface area contributed by atoms with Crippen molar-refractivity contribution < 1.29 is 18.3 Å². The molecule has 0 radical (unpaired) electrons. The van der Waals surface area contributed by atoms with Crippen LogP contribution in [0.3, 0.4) is 0 Å². The van der Waals surface area contributed by atoms with Crippen LogP contribution in [-0.2, 0) is 7.05 Å². The Bertz CT molecular complexity index is 595. The fourth-order valence-corrected chi connectivity index (χ4v) is 1.68. The van der Waals surface area contributed by atoms with Crippen molar-refractivity contribution >= 4 is 0 Å². The molecule has 0 aliphatic carbocycles. The summed E-state index contributed by atoms with van der Waals surface area (Å²) >= 11 is 0. The number of hydrogen-bond donors (Lipinski definition) is 1. The van der Waals surface area contributed by atoms with Gasteiger partial charge in [-0.2, -0.15) is 0 Å². The summed E-state index contributed by atoms with van der Waals surface area (Å²) in [7, 11) is 1.64. The first-order valence-electron chi connectivity index (χ1n) is 5.22. The van der Waals surface area contributed by atoms with Crippen molar-refractivity contribution in [3.8, 4) is 0 Å². The van der Waals surface area contributed by atoms with Crippen molar-refractivity contribution in [3.63, 3.8) is 0 Å². The molecular formula is C12H11F3N2O. The summed E-state index contributed by atoms with van der Waals surface area (Å²) in [5.74, 6) is -2.87. The summed E-state index contributed by atoms with van der Waals surface area (Å²) < 4.78 is 40.9. The minimum absolute atomic E-state index is 0.303. The number of rotatable bonds is 2. The number of aromatic nitrogens is 2. The second-order valence-corrected chi connectivity index (χ2v) is 3.98. The van der Waals surface area contributed by atoms with Gasteiger partial charge in [0.1, 0.15) is 17.7 Å². The van der Waals surface area contributed by atoms with Crippen molar-refractivity contribution in [2.75, 3.05) is 0 Å². The summed E-state index contributed by atoms with van der Waals surface area (Å²) in [4.78, 5) is 3.95. The highest BCUT2D eigenvalue weighted by Gasteiger charge is 2.21. The first kappa shape index (κ1) is 12.6. The van der Waals surface area contributed by atoms with Crippen molar-refractivity contribution in [1.82, 2.24) is 9.55 Å². The van der Waals surface area contributed by atoms with E-state index in [-0.39, 0.29) is 5.56 Å². The third-order valence-electron chi connectivity index (χ3n) is 2.87. The van der Waals surface area contributed by atoms with E-state index >= 15 is 0 Å². The molecule has 0 amide bonds. The van der Waals surface area contributed by atoms with Gasteiger partial charge in [-0.3, -0.25) is 0 Å². The second-order valence-electron chi connectivity index (χ2n) is 3.98. The monoisotopic (exact) mass is 256 g/mol. The number of halogens is 3. The highest BCUT2D eigenvalue weighted by Crippen LogP contribution is 2.26. The highest BCUT2D eigenvalue weighted by atomic mass is 19.2. The molecule has 0 saturated carbocycles. The molecule has 1 atom stereocenters. The molecule has 0 aliphatic heterocycles. The van der Waals surface area contributed by atoms with Crippen LogP contribution in [0.5, 0.6) is 0 Å². The molecule has 0 aliphatic rings. The van der Waals surface area contributed by atoms with Crippen LogP contribution in [0.2, 0.25) is 0 Å². The summed E-state index contributed by atoms with van der Waals surface area (Å²) in [6, 6.07) is 1.06. The Hall–Kier alpha value is -1.82. The number of hydrogen-bond acceptors (Lipinski definition) is 2. The van der Waals surface area contributed by atoms with Crippen LogP contribution in [0.1, 0.15) is 23.2 Å². The zero-order valence-electron chi connectivity index (χ0n) is 9.78. The molecule has 1 aromatic heterocycles. The first-order valence-corrected chi connectivity index (χ1v) is 5.22.